The van der Waals surface area contributed by atoms with Gasteiger partial charge in [0.05, 0.1) is 26.7 Å². The molecule has 4 heterocycles. The number of rotatable bonds is 8. The van der Waals surface area contributed by atoms with Crippen LogP contribution in [0.2, 0.25) is 0 Å². The van der Waals surface area contributed by atoms with Crippen LogP contribution in [0.25, 0.3) is 0 Å². The standard InChI is InChI=1S/2C19H28N4.2Cl2/c2*1-15-10-16(2)19(12-23-9-7-21(5)14-23)17(3)18(15)11-22-8-6-20(4)13-22;2*1-2/h2*6-10H,11-14H2,1-5H3;;. The van der Waals surface area contributed by atoms with E-state index in [1.807, 2.05) is 0 Å². The van der Waals surface area contributed by atoms with Gasteiger partial charge in [0.2, 0.25) is 0 Å². The molecule has 0 spiro atoms. The lowest BCUT2D eigenvalue weighted by atomic mass is 9.93. The van der Waals surface area contributed by atoms with Gasteiger partial charge < -0.3 is 39.2 Å². The Morgan fingerprint density at radius 1 is 0.380 bits per heavy atom. The highest BCUT2D eigenvalue weighted by atomic mass is 36.5. The first-order valence-corrected chi connectivity index (χ1v) is 19.1. The molecule has 50 heavy (non-hydrogen) atoms. The maximum absolute atomic E-state index is 4.11. The van der Waals surface area contributed by atoms with Crippen molar-refractivity contribution >= 4 is 43.4 Å². The van der Waals surface area contributed by atoms with Gasteiger partial charge in [-0.3, -0.25) is 0 Å². The molecule has 0 bridgehead atoms. The normalized spacial score (nSPS) is 16.0. The van der Waals surface area contributed by atoms with E-state index in [2.05, 4.69) is 214 Å². The molecule has 0 unspecified atom stereocenters. The van der Waals surface area contributed by atoms with Crippen LogP contribution in [0.4, 0.5) is 0 Å². The summed E-state index contributed by atoms with van der Waals surface area (Å²) < 4.78 is 0. The molecule has 2 aromatic carbocycles. The molecule has 8 nitrogen and oxygen atoms in total. The van der Waals surface area contributed by atoms with Crippen LogP contribution in [0.1, 0.15) is 55.6 Å². The Kier molecular flexibility index (Phi) is 16.2. The van der Waals surface area contributed by atoms with Crippen LogP contribution in [0.3, 0.4) is 0 Å². The number of nitrogens with zero attached hydrogens (tertiary/aromatic N) is 8. The minimum atomic E-state index is 0.974. The van der Waals surface area contributed by atoms with E-state index >= 15 is 0 Å². The topological polar surface area (TPSA) is 25.9 Å². The van der Waals surface area contributed by atoms with Crippen molar-refractivity contribution in [2.45, 2.75) is 67.7 Å². The first-order chi connectivity index (χ1) is 23.9. The molecule has 2 aromatic rings. The fourth-order valence-corrected chi connectivity index (χ4v) is 7.10. The highest BCUT2D eigenvalue weighted by molar-refractivity contribution is 6.86. The van der Waals surface area contributed by atoms with Crippen LogP contribution in [-0.4, -0.2) is 94.1 Å². The van der Waals surface area contributed by atoms with E-state index in [1.165, 1.54) is 55.6 Å². The van der Waals surface area contributed by atoms with Crippen LogP contribution in [-0.2, 0) is 26.2 Å². The highest BCUT2D eigenvalue weighted by Crippen LogP contribution is 2.28. The quantitative estimate of drug-likeness (QED) is 0.264. The second-order valence-corrected chi connectivity index (χ2v) is 14.0. The van der Waals surface area contributed by atoms with Crippen LogP contribution >= 0.6 is 43.4 Å². The molecule has 4 aliphatic rings. The van der Waals surface area contributed by atoms with Gasteiger partial charge in [0.15, 0.2) is 0 Å². The summed E-state index contributed by atoms with van der Waals surface area (Å²) in [6.07, 6.45) is 17.3. The fraction of sp³-hybridized carbons (Fsp3) is 0.474. The molecule has 0 radical (unpaired) electrons. The van der Waals surface area contributed by atoms with Gasteiger partial charge >= 0.3 is 0 Å². The first kappa shape index (κ1) is 41.4. The zero-order valence-corrected chi connectivity index (χ0v) is 34.5. The summed E-state index contributed by atoms with van der Waals surface area (Å²) >= 11 is 0. The lowest BCUT2D eigenvalue weighted by Crippen LogP contribution is -2.25. The monoisotopic (exact) mass is 764 g/mol. The van der Waals surface area contributed by atoms with Crippen molar-refractivity contribution in [3.63, 3.8) is 0 Å². The average molecular weight is 767 g/mol. The van der Waals surface area contributed by atoms with Gasteiger partial charge in [-0.1, -0.05) is 12.1 Å². The third kappa shape index (κ3) is 11.0. The van der Waals surface area contributed by atoms with Crippen molar-refractivity contribution in [2.75, 3.05) is 54.9 Å². The lowest BCUT2D eigenvalue weighted by molar-refractivity contribution is 0.286. The maximum atomic E-state index is 4.11. The predicted octanol–water partition coefficient (Wildman–Crippen LogP) is 8.69. The van der Waals surface area contributed by atoms with Crippen molar-refractivity contribution < 1.29 is 0 Å². The van der Waals surface area contributed by atoms with Crippen molar-refractivity contribution in [1.82, 2.24) is 39.2 Å². The molecule has 0 aromatic heterocycles. The number of hydrogen-bond acceptors (Lipinski definition) is 8. The summed E-state index contributed by atoms with van der Waals surface area (Å²) in [4.78, 5) is 18.3. The van der Waals surface area contributed by atoms with E-state index in [9.17, 15) is 0 Å². The van der Waals surface area contributed by atoms with Gasteiger partial charge in [0.25, 0.3) is 0 Å². The third-order valence-corrected chi connectivity index (χ3v) is 9.77. The molecule has 6 rings (SSSR count). The van der Waals surface area contributed by atoms with Crippen molar-refractivity contribution in [3.05, 3.63) is 117 Å². The number of benzene rings is 2. The summed E-state index contributed by atoms with van der Waals surface area (Å²) in [7, 11) is 24.9. The van der Waals surface area contributed by atoms with E-state index in [-0.39, 0.29) is 0 Å². The number of halogens is 4. The number of hydrogen-bond donors (Lipinski definition) is 0. The second-order valence-electron chi connectivity index (χ2n) is 14.0. The second kappa shape index (κ2) is 19.5. The fourth-order valence-electron chi connectivity index (χ4n) is 7.10. The molecule has 0 amide bonds. The average Bonchev–Trinajstić information content (AvgIpc) is 3.90. The smallest absolute Gasteiger partial charge is 0.0894 e. The SMILES string of the molecule is Cc1cc(C)c(CN2C=CN(C)C2)c(C)c1CN1C=CN(C)C1.Cc1cc(C)c(CN2C=CN(C)C2)c(C)c1CN1C=CN(C)C1.ClCl.ClCl. The van der Waals surface area contributed by atoms with Crippen LogP contribution in [0, 0.1) is 41.5 Å². The first-order valence-electron chi connectivity index (χ1n) is 16.8. The molecule has 0 fully saturated rings. The van der Waals surface area contributed by atoms with Crippen molar-refractivity contribution in [2.24, 2.45) is 0 Å². The maximum Gasteiger partial charge on any atom is 0.0894 e. The molecule has 0 N–H and O–H groups in total. The van der Waals surface area contributed by atoms with E-state index in [4.69, 9.17) is 0 Å². The molecule has 0 saturated carbocycles. The Labute approximate surface area is 321 Å². The molecule has 12 heteroatoms. The van der Waals surface area contributed by atoms with Gasteiger partial charge in [-0.15, -0.1) is 0 Å². The summed E-state index contributed by atoms with van der Waals surface area (Å²) in [5.74, 6) is 0. The summed E-state index contributed by atoms with van der Waals surface area (Å²) in [6.45, 7) is 21.4. The van der Waals surface area contributed by atoms with Crippen LogP contribution in [0.15, 0.2) is 61.7 Å². The van der Waals surface area contributed by atoms with Gasteiger partial charge in [-0.2, -0.15) is 0 Å². The number of aryl methyl sites for hydroxylation is 4. The minimum Gasteiger partial charge on any atom is -0.362 e. The van der Waals surface area contributed by atoms with Crippen molar-refractivity contribution in [3.8, 4) is 0 Å². The Morgan fingerprint density at radius 3 is 0.740 bits per heavy atom. The Balaban J connectivity index is 0.000000246. The highest BCUT2D eigenvalue weighted by Gasteiger charge is 2.19. The molecule has 276 valence electrons. The molecular formula is C38H56Cl4N8. The molecule has 0 aliphatic carbocycles. The van der Waals surface area contributed by atoms with Crippen molar-refractivity contribution in [1.29, 1.82) is 0 Å². The van der Waals surface area contributed by atoms with E-state index < -0.39 is 0 Å². The zero-order chi connectivity index (χ0) is 37.1. The Bertz CT molecular complexity index is 1320. The largest absolute Gasteiger partial charge is 0.362 e. The molecule has 0 atom stereocenters. The van der Waals surface area contributed by atoms with Gasteiger partial charge in [0.1, 0.15) is 0 Å². The van der Waals surface area contributed by atoms with Gasteiger partial charge in [0, 0.05) is 147 Å². The van der Waals surface area contributed by atoms with Gasteiger partial charge in [-0.05, 0) is 97.2 Å². The lowest BCUT2D eigenvalue weighted by Gasteiger charge is -2.25. The third-order valence-electron chi connectivity index (χ3n) is 9.77. The summed E-state index contributed by atoms with van der Waals surface area (Å²) in [5.41, 5.74) is 14.4. The predicted molar refractivity (Wildman–Crippen MR) is 214 cm³/mol. The zero-order valence-electron chi connectivity index (χ0n) is 31.5. The van der Waals surface area contributed by atoms with E-state index in [1.54, 1.807) is 0 Å². The van der Waals surface area contributed by atoms with Gasteiger partial charge in [-0.25, -0.2) is 0 Å². The van der Waals surface area contributed by atoms with E-state index in [0.29, 0.717) is 0 Å². The molecule has 4 aliphatic heterocycles. The van der Waals surface area contributed by atoms with Crippen LogP contribution < -0.4 is 0 Å². The minimum absolute atomic E-state index is 0.974. The van der Waals surface area contributed by atoms with Crippen LogP contribution in [0.5, 0.6) is 0 Å². The summed E-state index contributed by atoms with van der Waals surface area (Å²) in [5, 5.41) is 0. The Hall–Kier alpha value is -3.04. The van der Waals surface area contributed by atoms with E-state index in [0.717, 1.165) is 52.9 Å². The molecule has 0 saturated heterocycles. The summed E-state index contributed by atoms with van der Waals surface area (Å²) in [6, 6.07) is 4.70. The Morgan fingerprint density at radius 2 is 0.580 bits per heavy atom. The molecular weight excluding hydrogens is 710 g/mol.